The second-order valence-electron chi connectivity index (χ2n) is 6.11. The Balaban J connectivity index is 2.18. The van der Waals surface area contributed by atoms with Crippen LogP contribution in [-0.4, -0.2) is 0 Å². The molecule has 0 spiro atoms. The van der Waals surface area contributed by atoms with Crippen LogP contribution >= 0.6 is 0 Å². The Hall–Kier alpha value is 0. The molecule has 1 saturated carbocycles. The van der Waals surface area contributed by atoms with E-state index in [0.717, 1.165) is 17.8 Å². The Kier molecular flexibility index (Phi) is 2.85. The molecule has 0 unspecified atom stereocenters. The molecule has 1 aliphatic rings. The van der Waals surface area contributed by atoms with Crippen molar-refractivity contribution in [3.8, 4) is 0 Å². The summed E-state index contributed by atoms with van der Waals surface area (Å²) in [5.74, 6) is 3.00. The van der Waals surface area contributed by atoms with E-state index in [0.29, 0.717) is 5.41 Å². The van der Waals surface area contributed by atoms with E-state index in [1.807, 2.05) is 0 Å². The van der Waals surface area contributed by atoms with E-state index in [-0.39, 0.29) is 0 Å². The summed E-state index contributed by atoms with van der Waals surface area (Å²) in [5, 5.41) is 0. The normalized spacial score (nSPS) is 30.5. The second-order valence-corrected chi connectivity index (χ2v) is 6.11. The molecule has 0 aliphatic heterocycles. The summed E-state index contributed by atoms with van der Waals surface area (Å²) in [7, 11) is 0. The molecule has 1 fully saturated rings. The lowest BCUT2D eigenvalue weighted by Crippen LogP contribution is -2.30. The zero-order valence-electron chi connectivity index (χ0n) is 9.35. The largest absolute Gasteiger partial charge is 0.0625 e. The molecule has 0 nitrogen and oxygen atoms in total. The van der Waals surface area contributed by atoms with Crippen molar-refractivity contribution in [3.05, 3.63) is 0 Å². The van der Waals surface area contributed by atoms with Crippen molar-refractivity contribution in [1.82, 2.24) is 0 Å². The van der Waals surface area contributed by atoms with E-state index in [9.17, 15) is 0 Å². The first-order chi connectivity index (χ1) is 5.38. The van der Waals surface area contributed by atoms with Crippen molar-refractivity contribution in [2.45, 2.75) is 53.9 Å². The van der Waals surface area contributed by atoms with Gasteiger partial charge in [0.25, 0.3) is 0 Å². The van der Waals surface area contributed by atoms with Gasteiger partial charge in [-0.2, -0.15) is 0 Å². The van der Waals surface area contributed by atoms with Crippen molar-refractivity contribution < 1.29 is 0 Å². The minimum absolute atomic E-state index is 0.548. The van der Waals surface area contributed by atoms with Gasteiger partial charge in [-0.25, -0.2) is 0 Å². The third-order valence-electron chi connectivity index (χ3n) is 3.12. The lowest BCUT2D eigenvalue weighted by atomic mass is 9.65. The standard InChI is InChI=1S/C12H24/c1-9(2)11-6-10(7-11)8-12(3,4)5/h9-11H,6-8H2,1-5H3. The van der Waals surface area contributed by atoms with Gasteiger partial charge in [0.15, 0.2) is 0 Å². The van der Waals surface area contributed by atoms with Crippen molar-refractivity contribution in [3.63, 3.8) is 0 Å². The highest BCUT2D eigenvalue weighted by Crippen LogP contribution is 2.44. The van der Waals surface area contributed by atoms with Gasteiger partial charge < -0.3 is 0 Å². The first kappa shape index (κ1) is 10.1. The predicted molar refractivity (Wildman–Crippen MR) is 55.1 cm³/mol. The van der Waals surface area contributed by atoms with Crippen molar-refractivity contribution in [2.24, 2.45) is 23.2 Å². The van der Waals surface area contributed by atoms with E-state index in [2.05, 4.69) is 34.6 Å². The van der Waals surface area contributed by atoms with Gasteiger partial charge in [0, 0.05) is 0 Å². The Morgan fingerprint density at radius 2 is 1.67 bits per heavy atom. The third-order valence-corrected chi connectivity index (χ3v) is 3.12. The van der Waals surface area contributed by atoms with Crippen LogP contribution in [0.5, 0.6) is 0 Å². The zero-order valence-corrected chi connectivity index (χ0v) is 9.35. The van der Waals surface area contributed by atoms with Crippen LogP contribution in [0.4, 0.5) is 0 Å². The smallest absolute Gasteiger partial charge is 0.0380 e. The molecule has 1 aliphatic carbocycles. The molecule has 1 rings (SSSR count). The van der Waals surface area contributed by atoms with E-state index in [1.165, 1.54) is 19.3 Å². The quantitative estimate of drug-likeness (QED) is 0.582. The SMILES string of the molecule is CC(C)C1CC(CC(C)(C)C)C1. The first-order valence-corrected chi connectivity index (χ1v) is 5.38. The minimum atomic E-state index is 0.548. The maximum absolute atomic E-state index is 2.36. The molecule has 0 N–H and O–H groups in total. The molecular weight excluding hydrogens is 144 g/mol. The highest BCUT2D eigenvalue weighted by Gasteiger charge is 2.33. The average molecular weight is 168 g/mol. The van der Waals surface area contributed by atoms with Crippen LogP contribution in [-0.2, 0) is 0 Å². The fourth-order valence-corrected chi connectivity index (χ4v) is 2.36. The van der Waals surface area contributed by atoms with Crippen LogP contribution in [0, 0.1) is 23.2 Å². The maximum atomic E-state index is 2.36. The Morgan fingerprint density at radius 3 is 2.00 bits per heavy atom. The summed E-state index contributed by atoms with van der Waals surface area (Å²) in [5.41, 5.74) is 0.548. The number of hydrogen-bond acceptors (Lipinski definition) is 0. The maximum Gasteiger partial charge on any atom is -0.0380 e. The fraction of sp³-hybridized carbons (Fsp3) is 1.00. The zero-order chi connectivity index (χ0) is 9.35. The van der Waals surface area contributed by atoms with Gasteiger partial charge in [-0.1, -0.05) is 34.6 Å². The average Bonchev–Trinajstić information content (AvgIpc) is 1.74. The van der Waals surface area contributed by atoms with Crippen LogP contribution in [0.2, 0.25) is 0 Å². The molecule has 0 aromatic rings. The lowest BCUT2D eigenvalue weighted by molar-refractivity contribution is 0.100. The Morgan fingerprint density at radius 1 is 1.17 bits per heavy atom. The lowest BCUT2D eigenvalue weighted by Gasteiger charge is -2.41. The summed E-state index contributed by atoms with van der Waals surface area (Å²) in [6.45, 7) is 11.8. The van der Waals surface area contributed by atoms with Gasteiger partial charge in [-0.15, -0.1) is 0 Å². The summed E-state index contributed by atoms with van der Waals surface area (Å²) < 4.78 is 0. The Labute approximate surface area is 77.7 Å². The molecule has 0 saturated heterocycles. The van der Waals surface area contributed by atoms with Gasteiger partial charge in [-0.3, -0.25) is 0 Å². The topological polar surface area (TPSA) is 0 Å². The van der Waals surface area contributed by atoms with Gasteiger partial charge in [0.1, 0.15) is 0 Å². The van der Waals surface area contributed by atoms with Crippen molar-refractivity contribution >= 4 is 0 Å². The predicted octanol–water partition coefficient (Wildman–Crippen LogP) is 4.10. The highest BCUT2D eigenvalue weighted by molar-refractivity contribution is 4.84. The molecule has 0 aromatic carbocycles. The summed E-state index contributed by atoms with van der Waals surface area (Å²) >= 11 is 0. The van der Waals surface area contributed by atoms with E-state index in [1.54, 1.807) is 0 Å². The molecule has 0 aromatic heterocycles. The summed E-state index contributed by atoms with van der Waals surface area (Å²) in [6.07, 6.45) is 4.42. The van der Waals surface area contributed by atoms with Crippen LogP contribution in [0.3, 0.4) is 0 Å². The van der Waals surface area contributed by atoms with Crippen LogP contribution in [0.15, 0.2) is 0 Å². The molecule has 0 atom stereocenters. The fourth-order valence-electron chi connectivity index (χ4n) is 2.36. The molecule has 0 amide bonds. The van der Waals surface area contributed by atoms with Gasteiger partial charge in [0.2, 0.25) is 0 Å². The van der Waals surface area contributed by atoms with Gasteiger partial charge in [0.05, 0.1) is 0 Å². The van der Waals surface area contributed by atoms with E-state index in [4.69, 9.17) is 0 Å². The van der Waals surface area contributed by atoms with Crippen molar-refractivity contribution in [1.29, 1.82) is 0 Å². The van der Waals surface area contributed by atoms with Crippen LogP contribution in [0.1, 0.15) is 53.9 Å². The first-order valence-electron chi connectivity index (χ1n) is 5.38. The van der Waals surface area contributed by atoms with Crippen LogP contribution in [0.25, 0.3) is 0 Å². The van der Waals surface area contributed by atoms with E-state index >= 15 is 0 Å². The minimum Gasteiger partial charge on any atom is -0.0625 e. The molecule has 0 heterocycles. The summed E-state index contributed by atoms with van der Waals surface area (Å²) in [4.78, 5) is 0. The summed E-state index contributed by atoms with van der Waals surface area (Å²) in [6, 6.07) is 0. The second kappa shape index (κ2) is 3.40. The Bertz CT molecular complexity index is 133. The van der Waals surface area contributed by atoms with Crippen molar-refractivity contribution in [2.75, 3.05) is 0 Å². The van der Waals surface area contributed by atoms with Gasteiger partial charge in [-0.05, 0) is 42.4 Å². The third kappa shape index (κ3) is 2.80. The number of hydrogen-bond donors (Lipinski definition) is 0. The monoisotopic (exact) mass is 168 g/mol. The molecule has 0 heteroatoms. The highest BCUT2D eigenvalue weighted by atomic mass is 14.4. The molecule has 0 radical (unpaired) electrons. The van der Waals surface area contributed by atoms with E-state index < -0.39 is 0 Å². The molecular formula is C12H24. The molecule has 12 heavy (non-hydrogen) atoms. The number of rotatable bonds is 2. The van der Waals surface area contributed by atoms with Gasteiger partial charge >= 0.3 is 0 Å². The molecule has 0 bridgehead atoms. The molecule has 72 valence electrons. The van der Waals surface area contributed by atoms with Crippen LogP contribution < -0.4 is 0 Å².